The summed E-state index contributed by atoms with van der Waals surface area (Å²) < 4.78 is 12.7. The third-order valence-corrected chi connectivity index (χ3v) is 8.30. The molecule has 0 spiro atoms. The molecule has 212 valence electrons. The summed E-state index contributed by atoms with van der Waals surface area (Å²) in [5.74, 6) is 1.98. The van der Waals surface area contributed by atoms with Gasteiger partial charge in [0.1, 0.15) is 11.4 Å². The summed E-state index contributed by atoms with van der Waals surface area (Å²) in [7, 11) is 1.63. The number of methoxy groups -OCH3 is 1. The van der Waals surface area contributed by atoms with E-state index in [-0.39, 0.29) is 42.2 Å². The van der Waals surface area contributed by atoms with Crippen molar-refractivity contribution in [2.45, 2.75) is 43.7 Å². The second kappa shape index (κ2) is 12.2. The first kappa shape index (κ1) is 29.9. The lowest BCUT2D eigenvalue weighted by Crippen LogP contribution is -2.50. The Hall–Kier alpha value is -3.11. The first-order valence-electron chi connectivity index (χ1n) is 12.8. The zero-order valence-corrected chi connectivity index (χ0v) is 24.3. The number of ether oxygens (including phenoxy) is 1. The average molecular weight is 606 g/mol. The molecule has 12 heteroatoms. The van der Waals surface area contributed by atoms with Crippen LogP contribution in [0.1, 0.15) is 41.9 Å². The van der Waals surface area contributed by atoms with E-state index in [2.05, 4.69) is 21.4 Å². The number of aromatic nitrogens is 4. The molecule has 0 radical (unpaired) electrons. The van der Waals surface area contributed by atoms with Gasteiger partial charge < -0.3 is 19.9 Å². The Kier molecular flexibility index (Phi) is 9.09. The van der Waals surface area contributed by atoms with Crippen molar-refractivity contribution >= 4 is 42.3 Å². The molecule has 0 unspecified atom stereocenters. The monoisotopic (exact) mass is 604 g/mol. The van der Waals surface area contributed by atoms with Crippen molar-refractivity contribution in [3.8, 4) is 28.6 Å². The van der Waals surface area contributed by atoms with Crippen molar-refractivity contribution in [3.63, 3.8) is 0 Å². The van der Waals surface area contributed by atoms with E-state index in [0.717, 1.165) is 42.0 Å². The highest BCUT2D eigenvalue weighted by Crippen LogP contribution is 2.41. The van der Waals surface area contributed by atoms with Crippen LogP contribution in [0.4, 0.5) is 0 Å². The lowest BCUT2D eigenvalue weighted by molar-refractivity contribution is 0.0523. The van der Waals surface area contributed by atoms with Crippen LogP contribution in [-0.4, -0.2) is 57.0 Å². The van der Waals surface area contributed by atoms with Gasteiger partial charge >= 0.3 is 0 Å². The maximum Gasteiger partial charge on any atom is 0.292 e. The molecule has 3 heterocycles. The summed E-state index contributed by atoms with van der Waals surface area (Å²) in [6.45, 7) is 1.74. The van der Waals surface area contributed by atoms with E-state index in [9.17, 15) is 4.79 Å². The predicted octanol–water partition coefficient (Wildman–Crippen LogP) is 5.40. The molecule has 1 aliphatic carbocycles. The maximum atomic E-state index is 13.5. The predicted molar refractivity (Wildman–Crippen MR) is 157 cm³/mol. The van der Waals surface area contributed by atoms with Gasteiger partial charge in [0.05, 0.1) is 7.11 Å². The van der Waals surface area contributed by atoms with Crippen molar-refractivity contribution < 1.29 is 14.1 Å². The molecule has 0 atom stereocenters. The lowest BCUT2D eigenvalue weighted by atomic mass is 9.68. The SMILES string of the molecule is COc1ccc(-c2cc(-c3nnc4n3CCN([C@H]3CC[C@](CN)(c5cccc(Cl)c5)CC3)C4=O)on2)cc1.Cl.Cl. The van der Waals surface area contributed by atoms with Crippen LogP contribution >= 0.6 is 36.4 Å². The van der Waals surface area contributed by atoms with Crippen molar-refractivity contribution in [1.82, 2.24) is 24.8 Å². The minimum absolute atomic E-state index is 0. The van der Waals surface area contributed by atoms with Crippen molar-refractivity contribution in [2.24, 2.45) is 5.73 Å². The summed E-state index contributed by atoms with van der Waals surface area (Å²) in [6, 6.07) is 17.5. The van der Waals surface area contributed by atoms with Gasteiger partial charge in [-0.2, -0.15) is 0 Å². The summed E-state index contributed by atoms with van der Waals surface area (Å²) >= 11 is 6.27. The molecule has 1 aliphatic heterocycles. The third-order valence-electron chi connectivity index (χ3n) is 8.06. The highest BCUT2D eigenvalue weighted by molar-refractivity contribution is 6.30. The van der Waals surface area contributed by atoms with Gasteiger partial charge in [0.2, 0.25) is 17.4 Å². The molecule has 2 aromatic carbocycles. The fourth-order valence-electron chi connectivity index (χ4n) is 5.82. The number of nitrogens with zero attached hydrogens (tertiary/aromatic N) is 5. The first-order valence-corrected chi connectivity index (χ1v) is 13.2. The van der Waals surface area contributed by atoms with Gasteiger partial charge in [-0.1, -0.05) is 28.9 Å². The zero-order chi connectivity index (χ0) is 26.3. The molecule has 40 heavy (non-hydrogen) atoms. The van der Waals surface area contributed by atoms with Crippen molar-refractivity contribution in [1.29, 1.82) is 0 Å². The second-order valence-corrected chi connectivity index (χ2v) is 10.5. The van der Waals surface area contributed by atoms with Gasteiger partial charge in [-0.25, -0.2) is 0 Å². The summed E-state index contributed by atoms with van der Waals surface area (Å²) in [6.07, 6.45) is 3.57. The molecule has 1 fully saturated rings. The van der Waals surface area contributed by atoms with Gasteiger partial charge in [0, 0.05) is 47.7 Å². The molecule has 2 aromatic heterocycles. The number of rotatable bonds is 6. The fourth-order valence-corrected chi connectivity index (χ4v) is 6.01. The summed E-state index contributed by atoms with van der Waals surface area (Å²) in [5.41, 5.74) is 8.92. The largest absolute Gasteiger partial charge is 0.497 e. The zero-order valence-electron chi connectivity index (χ0n) is 22.0. The lowest BCUT2D eigenvalue weighted by Gasteiger charge is -2.44. The van der Waals surface area contributed by atoms with Crippen LogP contribution in [0, 0.1) is 0 Å². The number of benzene rings is 2. The molecule has 4 aromatic rings. The van der Waals surface area contributed by atoms with Gasteiger partial charge in [-0.15, -0.1) is 35.0 Å². The number of halogens is 3. The van der Waals surface area contributed by atoms with Crippen molar-refractivity contribution in [3.05, 3.63) is 71.0 Å². The second-order valence-electron chi connectivity index (χ2n) is 10.0. The van der Waals surface area contributed by atoms with Crippen LogP contribution in [0.3, 0.4) is 0 Å². The fraction of sp³-hybridized carbons (Fsp3) is 0.357. The average Bonchev–Trinajstić information content (AvgIpc) is 3.61. The minimum atomic E-state index is -0.110. The summed E-state index contributed by atoms with van der Waals surface area (Å²) in [5, 5.41) is 13.5. The Morgan fingerprint density at radius 1 is 1.05 bits per heavy atom. The smallest absolute Gasteiger partial charge is 0.292 e. The van der Waals surface area contributed by atoms with Crippen molar-refractivity contribution in [2.75, 3.05) is 20.2 Å². The third kappa shape index (κ3) is 5.31. The molecule has 2 N–H and O–H groups in total. The molecular formula is C28H31Cl3N6O3. The molecule has 9 nitrogen and oxygen atoms in total. The van der Waals surface area contributed by atoms with Crippen LogP contribution in [0.15, 0.2) is 59.1 Å². The van der Waals surface area contributed by atoms with E-state index in [0.29, 0.717) is 42.7 Å². The molecular weight excluding hydrogens is 575 g/mol. The Labute approximate surface area is 249 Å². The number of amides is 1. The maximum absolute atomic E-state index is 13.5. The molecule has 0 saturated heterocycles. The molecule has 0 bridgehead atoms. The van der Waals surface area contributed by atoms with Gasteiger partial charge in [0.25, 0.3) is 5.91 Å². The first-order chi connectivity index (χ1) is 18.5. The van der Waals surface area contributed by atoms with E-state index in [1.807, 2.05) is 58.0 Å². The Morgan fingerprint density at radius 3 is 2.45 bits per heavy atom. The van der Waals surface area contributed by atoms with Crippen LogP contribution in [0.25, 0.3) is 22.8 Å². The van der Waals surface area contributed by atoms with Gasteiger partial charge in [0.15, 0.2) is 0 Å². The molecule has 2 aliphatic rings. The van der Waals surface area contributed by atoms with E-state index >= 15 is 0 Å². The van der Waals surface area contributed by atoms with E-state index in [1.54, 1.807) is 7.11 Å². The Bertz CT molecular complexity index is 1460. The Balaban J connectivity index is 0.00000185. The number of carbonyl (C=O) groups excluding carboxylic acids is 1. The number of hydrogen-bond acceptors (Lipinski definition) is 7. The normalized spacial score (nSPS) is 20.3. The summed E-state index contributed by atoms with van der Waals surface area (Å²) in [4.78, 5) is 15.4. The van der Waals surface area contributed by atoms with E-state index in [4.69, 9.17) is 26.6 Å². The number of nitrogens with two attached hydrogens (primary N) is 1. The van der Waals surface area contributed by atoms with Crippen LogP contribution in [-0.2, 0) is 12.0 Å². The van der Waals surface area contributed by atoms with E-state index in [1.165, 1.54) is 5.56 Å². The van der Waals surface area contributed by atoms with Gasteiger partial charge in [-0.05, 0) is 67.6 Å². The standard InChI is InChI=1S/C28H29ClN6O3.2ClH/c1-37-22-7-5-18(6-8-22)23-16-24(38-33-23)25-31-32-26-27(36)34(13-14-35(25)26)21-9-11-28(17-30,12-10-21)19-3-2-4-20(29)15-19;;/h2-8,15-16,21H,9-14,17,30H2,1H3;2*1H/t21-,28-;;. The number of fused-ring (bicyclic) bond motifs is 1. The number of hydrogen-bond donors (Lipinski definition) is 1. The molecule has 6 rings (SSSR count). The molecule has 1 saturated carbocycles. The van der Waals surface area contributed by atoms with Gasteiger partial charge in [-0.3, -0.25) is 9.36 Å². The van der Waals surface area contributed by atoms with Crippen LogP contribution < -0.4 is 10.5 Å². The van der Waals surface area contributed by atoms with Crippen LogP contribution in [0.5, 0.6) is 5.75 Å². The van der Waals surface area contributed by atoms with Crippen LogP contribution in [0.2, 0.25) is 5.02 Å². The topological polar surface area (TPSA) is 112 Å². The highest BCUT2D eigenvalue weighted by atomic mass is 35.5. The Morgan fingerprint density at radius 2 is 1.77 bits per heavy atom. The quantitative estimate of drug-likeness (QED) is 0.313. The highest BCUT2D eigenvalue weighted by Gasteiger charge is 2.41. The number of carbonyl (C=O) groups is 1. The van der Waals surface area contributed by atoms with E-state index < -0.39 is 0 Å². The molecule has 1 amide bonds. The minimum Gasteiger partial charge on any atom is -0.497 e.